The first-order valence-corrected chi connectivity index (χ1v) is 6.59. The van der Waals surface area contributed by atoms with E-state index in [9.17, 15) is 0 Å². The average molecular weight is 251 g/mol. The van der Waals surface area contributed by atoms with Crippen LogP contribution in [0.25, 0.3) is 5.13 Å². The van der Waals surface area contributed by atoms with Gasteiger partial charge in [-0.05, 0) is 32.9 Å². The standard InChI is InChI=1S/C11H17N5S/c1-4-5-12-7-10-13-14-11(17-10)16-9(3)6-8(2)15-16/h6,12H,4-5,7H2,1-3H3. The summed E-state index contributed by atoms with van der Waals surface area (Å²) in [5.74, 6) is 0. The van der Waals surface area contributed by atoms with Gasteiger partial charge in [-0.2, -0.15) is 5.10 Å². The molecule has 0 amide bonds. The van der Waals surface area contributed by atoms with Crippen molar-refractivity contribution < 1.29 is 0 Å². The van der Waals surface area contributed by atoms with Gasteiger partial charge in [0.05, 0.1) is 5.69 Å². The second kappa shape index (κ2) is 5.37. The number of nitrogens with zero attached hydrogens (tertiary/aromatic N) is 4. The summed E-state index contributed by atoms with van der Waals surface area (Å²) in [4.78, 5) is 0. The van der Waals surface area contributed by atoms with Crippen LogP contribution in [0.4, 0.5) is 0 Å². The molecule has 17 heavy (non-hydrogen) atoms. The van der Waals surface area contributed by atoms with Crippen molar-refractivity contribution in [3.63, 3.8) is 0 Å². The summed E-state index contributed by atoms with van der Waals surface area (Å²) >= 11 is 1.58. The van der Waals surface area contributed by atoms with Gasteiger partial charge in [0.2, 0.25) is 5.13 Å². The highest BCUT2D eigenvalue weighted by atomic mass is 32.1. The second-order valence-electron chi connectivity index (χ2n) is 3.99. The molecule has 2 aromatic heterocycles. The normalized spacial score (nSPS) is 11.0. The molecule has 1 N–H and O–H groups in total. The van der Waals surface area contributed by atoms with Gasteiger partial charge in [0.1, 0.15) is 5.01 Å². The van der Waals surface area contributed by atoms with Crippen molar-refractivity contribution in [3.8, 4) is 5.13 Å². The zero-order valence-electron chi connectivity index (χ0n) is 10.4. The fraction of sp³-hybridized carbons (Fsp3) is 0.545. The molecule has 0 aliphatic rings. The molecule has 2 heterocycles. The van der Waals surface area contributed by atoms with Gasteiger partial charge in [-0.25, -0.2) is 4.68 Å². The van der Waals surface area contributed by atoms with E-state index in [0.717, 1.165) is 41.0 Å². The molecule has 6 heteroatoms. The summed E-state index contributed by atoms with van der Waals surface area (Å²) in [6, 6.07) is 2.04. The van der Waals surface area contributed by atoms with Crippen molar-refractivity contribution in [2.75, 3.05) is 6.54 Å². The molecule has 2 rings (SSSR count). The van der Waals surface area contributed by atoms with Gasteiger partial charge >= 0.3 is 0 Å². The molecule has 0 radical (unpaired) electrons. The van der Waals surface area contributed by atoms with Crippen molar-refractivity contribution in [2.24, 2.45) is 0 Å². The third kappa shape index (κ3) is 2.89. The summed E-state index contributed by atoms with van der Waals surface area (Å²) < 4.78 is 1.84. The maximum atomic E-state index is 4.39. The molecular weight excluding hydrogens is 234 g/mol. The summed E-state index contributed by atoms with van der Waals surface area (Å²) in [5, 5.41) is 17.9. The number of nitrogens with one attached hydrogen (secondary N) is 1. The van der Waals surface area contributed by atoms with Crippen LogP contribution in [0.1, 0.15) is 29.7 Å². The third-order valence-corrected chi connectivity index (χ3v) is 3.25. The first kappa shape index (κ1) is 12.2. The van der Waals surface area contributed by atoms with E-state index >= 15 is 0 Å². The van der Waals surface area contributed by atoms with Gasteiger partial charge < -0.3 is 5.32 Å². The molecule has 92 valence electrons. The molecule has 2 aromatic rings. The van der Waals surface area contributed by atoms with Crippen molar-refractivity contribution in [2.45, 2.75) is 33.7 Å². The molecule has 5 nitrogen and oxygen atoms in total. The lowest BCUT2D eigenvalue weighted by atomic mass is 10.4. The molecule has 0 aliphatic carbocycles. The number of aryl methyl sites for hydroxylation is 2. The molecule has 0 bridgehead atoms. The van der Waals surface area contributed by atoms with Crippen LogP contribution in [0, 0.1) is 13.8 Å². The number of rotatable bonds is 5. The Morgan fingerprint density at radius 1 is 1.35 bits per heavy atom. The zero-order valence-corrected chi connectivity index (χ0v) is 11.2. The smallest absolute Gasteiger partial charge is 0.233 e. The van der Waals surface area contributed by atoms with Gasteiger partial charge in [-0.3, -0.25) is 0 Å². The van der Waals surface area contributed by atoms with E-state index in [1.165, 1.54) is 0 Å². The van der Waals surface area contributed by atoms with Gasteiger partial charge in [0.15, 0.2) is 0 Å². The van der Waals surface area contributed by atoms with E-state index in [-0.39, 0.29) is 0 Å². The molecule has 0 unspecified atom stereocenters. The third-order valence-electron chi connectivity index (χ3n) is 2.35. The lowest BCUT2D eigenvalue weighted by Gasteiger charge is -1.97. The minimum Gasteiger partial charge on any atom is -0.310 e. The first-order valence-electron chi connectivity index (χ1n) is 5.77. The van der Waals surface area contributed by atoms with Crippen LogP contribution in [0.2, 0.25) is 0 Å². The topological polar surface area (TPSA) is 55.6 Å². The van der Waals surface area contributed by atoms with Gasteiger partial charge in [-0.1, -0.05) is 18.3 Å². The Bertz CT molecular complexity index is 488. The molecule has 0 saturated heterocycles. The monoisotopic (exact) mass is 251 g/mol. The number of aromatic nitrogens is 4. The van der Waals surface area contributed by atoms with E-state index < -0.39 is 0 Å². The molecule has 0 fully saturated rings. The van der Waals surface area contributed by atoms with E-state index in [4.69, 9.17) is 0 Å². The quantitative estimate of drug-likeness (QED) is 0.824. The van der Waals surface area contributed by atoms with Gasteiger partial charge in [0.25, 0.3) is 0 Å². The fourth-order valence-corrected chi connectivity index (χ4v) is 2.42. The molecule has 0 saturated carbocycles. The molecule has 0 aromatic carbocycles. The molecule has 0 atom stereocenters. The summed E-state index contributed by atoms with van der Waals surface area (Å²) in [6.07, 6.45) is 1.13. The summed E-state index contributed by atoms with van der Waals surface area (Å²) in [5.41, 5.74) is 2.09. The number of hydrogen-bond donors (Lipinski definition) is 1. The van der Waals surface area contributed by atoms with Crippen molar-refractivity contribution in [1.29, 1.82) is 0 Å². The van der Waals surface area contributed by atoms with Crippen molar-refractivity contribution in [3.05, 3.63) is 22.5 Å². The maximum absolute atomic E-state index is 4.39. The summed E-state index contributed by atoms with van der Waals surface area (Å²) in [6.45, 7) is 7.94. The first-order chi connectivity index (χ1) is 8.20. The van der Waals surface area contributed by atoms with Crippen LogP contribution >= 0.6 is 11.3 Å². The Labute approximate surface area is 105 Å². The minimum absolute atomic E-state index is 0.783. The maximum Gasteiger partial charge on any atom is 0.233 e. The van der Waals surface area contributed by atoms with E-state index in [1.807, 2.05) is 24.6 Å². The van der Waals surface area contributed by atoms with E-state index in [0.29, 0.717) is 0 Å². The molecule has 0 spiro atoms. The van der Waals surface area contributed by atoms with Crippen LogP contribution in [0.15, 0.2) is 6.07 Å². The zero-order chi connectivity index (χ0) is 12.3. The highest BCUT2D eigenvalue weighted by molar-refractivity contribution is 7.13. The van der Waals surface area contributed by atoms with E-state index in [1.54, 1.807) is 11.3 Å². The SMILES string of the molecule is CCCNCc1nnc(-n2nc(C)cc2C)s1. The Morgan fingerprint density at radius 3 is 2.82 bits per heavy atom. The molecular formula is C11H17N5S. The van der Waals surface area contributed by atoms with Crippen molar-refractivity contribution >= 4 is 11.3 Å². The molecule has 0 aliphatic heterocycles. The highest BCUT2D eigenvalue weighted by Crippen LogP contribution is 2.16. The predicted molar refractivity (Wildman–Crippen MR) is 68.5 cm³/mol. The Kier molecular flexibility index (Phi) is 3.86. The highest BCUT2D eigenvalue weighted by Gasteiger charge is 2.09. The van der Waals surface area contributed by atoms with Crippen LogP contribution in [-0.2, 0) is 6.54 Å². The Morgan fingerprint density at radius 2 is 2.18 bits per heavy atom. The van der Waals surface area contributed by atoms with Gasteiger partial charge in [-0.15, -0.1) is 10.2 Å². The largest absolute Gasteiger partial charge is 0.310 e. The lowest BCUT2D eigenvalue weighted by molar-refractivity contribution is 0.667. The van der Waals surface area contributed by atoms with Crippen LogP contribution in [0.5, 0.6) is 0 Å². The second-order valence-corrected chi connectivity index (χ2v) is 5.03. The number of hydrogen-bond acceptors (Lipinski definition) is 5. The van der Waals surface area contributed by atoms with Crippen LogP contribution in [-0.4, -0.2) is 26.5 Å². The van der Waals surface area contributed by atoms with Crippen LogP contribution < -0.4 is 5.32 Å². The van der Waals surface area contributed by atoms with Gasteiger partial charge in [0, 0.05) is 12.2 Å². The van der Waals surface area contributed by atoms with Crippen LogP contribution in [0.3, 0.4) is 0 Å². The predicted octanol–water partition coefficient (Wildman–Crippen LogP) is 1.84. The van der Waals surface area contributed by atoms with E-state index in [2.05, 4.69) is 27.5 Å². The van der Waals surface area contributed by atoms with Crippen molar-refractivity contribution in [1.82, 2.24) is 25.3 Å². The lowest BCUT2D eigenvalue weighted by Crippen LogP contribution is -2.13. The fourth-order valence-electron chi connectivity index (χ4n) is 1.60. The summed E-state index contributed by atoms with van der Waals surface area (Å²) in [7, 11) is 0. The Hall–Kier alpha value is -1.27. The average Bonchev–Trinajstić information content (AvgIpc) is 2.86. The minimum atomic E-state index is 0.783. The Balaban J connectivity index is 2.10.